The van der Waals surface area contributed by atoms with Crippen LogP contribution in [0.4, 0.5) is 0 Å². The van der Waals surface area contributed by atoms with Gasteiger partial charge in [0, 0.05) is 6.42 Å². The van der Waals surface area contributed by atoms with Crippen LogP contribution in [0, 0.1) is 0 Å². The number of quaternary nitrogens is 1. The predicted molar refractivity (Wildman–Crippen MR) is 369 cm³/mol. The molecule has 3 N–H and O–H groups in total. The highest BCUT2D eigenvalue weighted by Crippen LogP contribution is 2.43. The fourth-order valence-electron chi connectivity index (χ4n) is 10.1. The molecule has 0 aliphatic carbocycles. The van der Waals surface area contributed by atoms with Crippen molar-refractivity contribution in [3.8, 4) is 0 Å². The Balaban J connectivity index is 4.15. The van der Waals surface area contributed by atoms with E-state index in [0.29, 0.717) is 23.9 Å². The van der Waals surface area contributed by atoms with E-state index in [0.717, 1.165) is 103 Å². The van der Waals surface area contributed by atoms with Gasteiger partial charge in [-0.15, -0.1) is 0 Å². The van der Waals surface area contributed by atoms with Crippen molar-refractivity contribution in [3.63, 3.8) is 0 Å². The number of carbonyl (C=O) groups excluding carboxylic acids is 1. The molecule has 0 aromatic heterocycles. The van der Waals surface area contributed by atoms with Gasteiger partial charge in [0.05, 0.1) is 39.9 Å². The molecule has 84 heavy (non-hydrogen) atoms. The summed E-state index contributed by atoms with van der Waals surface area (Å²) in [6.45, 7) is 4.77. The fourth-order valence-corrected chi connectivity index (χ4v) is 10.8. The molecule has 0 spiro atoms. The van der Waals surface area contributed by atoms with Gasteiger partial charge in [-0.3, -0.25) is 13.8 Å². The summed E-state index contributed by atoms with van der Waals surface area (Å²) in [7, 11) is 1.58. The Bertz CT molecular complexity index is 1740. The maximum Gasteiger partial charge on any atom is 0.472 e. The molecule has 0 bridgehead atoms. The van der Waals surface area contributed by atoms with Gasteiger partial charge in [0.25, 0.3) is 0 Å². The molecule has 1 amide bonds. The monoisotopic (exact) mass is 1190 g/mol. The normalized spacial score (nSPS) is 14.3. The number of carbonyl (C=O) groups is 1. The number of aliphatic hydroxyl groups is 1. The lowest BCUT2D eigenvalue weighted by Crippen LogP contribution is -2.46. The minimum atomic E-state index is -4.35. The van der Waals surface area contributed by atoms with Gasteiger partial charge in [0.2, 0.25) is 5.91 Å². The van der Waals surface area contributed by atoms with Crippen molar-refractivity contribution in [3.05, 3.63) is 109 Å². The molecule has 0 rings (SSSR count). The minimum absolute atomic E-state index is 0.0624. The van der Waals surface area contributed by atoms with E-state index in [2.05, 4.69) is 129 Å². The fraction of sp³-hybridized carbons (Fsp3) is 0.747. The first-order chi connectivity index (χ1) is 41.0. The molecule has 0 aliphatic rings. The second-order valence-corrected chi connectivity index (χ2v) is 26.3. The molecule has 0 aromatic carbocycles. The van der Waals surface area contributed by atoms with E-state index in [9.17, 15) is 19.4 Å². The third-order valence-corrected chi connectivity index (χ3v) is 16.5. The first-order valence-electron chi connectivity index (χ1n) is 35.3. The summed E-state index contributed by atoms with van der Waals surface area (Å²) in [6.07, 6.45) is 94.8. The van der Waals surface area contributed by atoms with Crippen LogP contribution in [0.1, 0.15) is 309 Å². The lowest BCUT2D eigenvalue weighted by atomic mass is 10.0. The molecule has 8 nitrogen and oxygen atoms in total. The molecular weight excluding hydrogens is 1060 g/mol. The summed E-state index contributed by atoms with van der Waals surface area (Å²) in [5.74, 6) is -0.177. The van der Waals surface area contributed by atoms with Crippen LogP contribution in [-0.4, -0.2) is 73.4 Å². The molecular formula is C75H136N2O6P+. The van der Waals surface area contributed by atoms with Gasteiger partial charge in [-0.05, 0) is 83.5 Å². The van der Waals surface area contributed by atoms with Gasteiger partial charge in [-0.2, -0.15) is 0 Å². The zero-order chi connectivity index (χ0) is 61.2. The standard InChI is InChI=1S/C75H135N2O6P/c1-6-8-10-12-14-16-18-20-22-24-26-28-30-32-34-36-38-40-42-44-46-48-50-52-54-56-58-60-62-64-66-68-74(78)73(72-83-84(80,81)82-71-70-77(3,4)5)76-75(79)69-67-65-63-61-59-57-55-53-51-49-47-45-43-41-39-37-35-33-31-29-27-25-23-21-19-17-15-13-11-9-7-2/h9,11,15,17,21,23,27,29,33,35,39,41,45,47,51,53,57,59,73-74,78H,6-8,10,12-14,16,18-20,22,24-26,28,30-32,34,36-38,40,42-44,46,48-50,52,54-56,58,60-72H2,1-5H3,(H-,76,79,80,81)/p+1/b11-9-,17-15-,23-21-,29-27-,35-33-,41-39-,47-45-,53-51-,59-57-. The average Bonchev–Trinajstić information content (AvgIpc) is 3.56. The number of nitrogens with one attached hydrogen (secondary N) is 1. The first-order valence-corrected chi connectivity index (χ1v) is 36.7. The second-order valence-electron chi connectivity index (χ2n) is 24.9. The molecule has 0 saturated heterocycles. The van der Waals surface area contributed by atoms with Crippen LogP contribution < -0.4 is 5.32 Å². The zero-order valence-corrected chi connectivity index (χ0v) is 56.5. The van der Waals surface area contributed by atoms with E-state index < -0.39 is 20.0 Å². The largest absolute Gasteiger partial charge is 0.472 e. The summed E-state index contributed by atoms with van der Waals surface area (Å²) in [4.78, 5) is 23.4. The van der Waals surface area contributed by atoms with Crippen molar-refractivity contribution in [1.82, 2.24) is 5.32 Å². The Morgan fingerprint density at radius 3 is 1.04 bits per heavy atom. The SMILES string of the molecule is CC/C=C\C/C=C\C/C=C\C/C=C\C/C=C\C/C=C\C/C=C\C/C=C\C/C=C\CCCCCC(=O)NC(COP(=O)(O)OCC[N+](C)(C)C)C(O)CCCCCCCCCCCCCCCCCCCCCCCCCCCCCCCCC. The quantitative estimate of drug-likeness (QED) is 0.0243. The van der Waals surface area contributed by atoms with Gasteiger partial charge < -0.3 is 19.8 Å². The number of unbranched alkanes of at least 4 members (excludes halogenated alkanes) is 33. The maximum atomic E-state index is 13.1. The molecule has 3 atom stereocenters. The van der Waals surface area contributed by atoms with Crippen molar-refractivity contribution in [2.75, 3.05) is 40.9 Å². The highest BCUT2D eigenvalue weighted by Gasteiger charge is 2.28. The lowest BCUT2D eigenvalue weighted by Gasteiger charge is -2.26. The molecule has 0 saturated carbocycles. The maximum absolute atomic E-state index is 13.1. The van der Waals surface area contributed by atoms with Crippen molar-refractivity contribution in [2.45, 2.75) is 321 Å². The topological polar surface area (TPSA) is 105 Å². The van der Waals surface area contributed by atoms with E-state index in [1.54, 1.807) is 0 Å². The molecule has 0 radical (unpaired) electrons. The Morgan fingerprint density at radius 1 is 0.417 bits per heavy atom. The molecule has 3 unspecified atom stereocenters. The van der Waals surface area contributed by atoms with Crippen LogP contribution in [0.25, 0.3) is 0 Å². The van der Waals surface area contributed by atoms with Gasteiger partial charge in [-0.1, -0.05) is 329 Å². The predicted octanol–water partition coefficient (Wildman–Crippen LogP) is 22.7. The number of aliphatic hydroxyl groups excluding tert-OH is 1. The van der Waals surface area contributed by atoms with Crippen LogP contribution in [0.3, 0.4) is 0 Å². The molecule has 486 valence electrons. The van der Waals surface area contributed by atoms with E-state index in [4.69, 9.17) is 9.05 Å². The second kappa shape index (κ2) is 64.6. The van der Waals surface area contributed by atoms with Crippen LogP contribution in [0.15, 0.2) is 109 Å². The van der Waals surface area contributed by atoms with Crippen molar-refractivity contribution >= 4 is 13.7 Å². The molecule has 0 aromatic rings. The zero-order valence-electron chi connectivity index (χ0n) is 55.6. The smallest absolute Gasteiger partial charge is 0.391 e. The highest BCUT2D eigenvalue weighted by molar-refractivity contribution is 7.47. The summed E-state index contributed by atoms with van der Waals surface area (Å²) in [5, 5.41) is 14.1. The number of hydrogen-bond donors (Lipinski definition) is 3. The summed E-state index contributed by atoms with van der Waals surface area (Å²) in [6, 6.07) is -0.789. The number of likely N-dealkylation sites (N-methyl/N-ethyl adjacent to an activating group) is 1. The number of nitrogens with zero attached hydrogens (tertiary/aromatic N) is 1. The number of phosphoric ester groups is 1. The lowest BCUT2D eigenvalue weighted by molar-refractivity contribution is -0.870. The number of phosphoric acid groups is 1. The number of hydrogen-bond acceptors (Lipinski definition) is 5. The molecule has 0 aliphatic heterocycles. The van der Waals surface area contributed by atoms with E-state index in [-0.39, 0.29) is 19.1 Å². The Morgan fingerprint density at radius 2 is 0.714 bits per heavy atom. The minimum Gasteiger partial charge on any atom is -0.391 e. The molecule has 0 heterocycles. The third kappa shape index (κ3) is 66.7. The van der Waals surface area contributed by atoms with Gasteiger partial charge in [-0.25, -0.2) is 4.57 Å². The Hall–Kier alpha value is -2.84. The van der Waals surface area contributed by atoms with Crippen LogP contribution in [0.2, 0.25) is 0 Å². The van der Waals surface area contributed by atoms with E-state index >= 15 is 0 Å². The van der Waals surface area contributed by atoms with Gasteiger partial charge in [0.15, 0.2) is 0 Å². The number of amides is 1. The van der Waals surface area contributed by atoms with E-state index in [1.165, 1.54) is 180 Å². The average molecular weight is 1190 g/mol. The van der Waals surface area contributed by atoms with Crippen molar-refractivity contribution < 1.29 is 32.9 Å². The summed E-state index contributed by atoms with van der Waals surface area (Å²) >= 11 is 0. The first kappa shape index (κ1) is 81.2. The van der Waals surface area contributed by atoms with Crippen LogP contribution in [0.5, 0.6) is 0 Å². The van der Waals surface area contributed by atoms with Gasteiger partial charge in [0.1, 0.15) is 13.2 Å². The van der Waals surface area contributed by atoms with Crippen molar-refractivity contribution in [1.29, 1.82) is 0 Å². The number of rotatable bonds is 64. The Kier molecular flexibility index (Phi) is 62.4. The van der Waals surface area contributed by atoms with Crippen LogP contribution >= 0.6 is 7.82 Å². The summed E-state index contributed by atoms with van der Waals surface area (Å²) in [5.41, 5.74) is 0. The van der Waals surface area contributed by atoms with Crippen molar-refractivity contribution in [2.24, 2.45) is 0 Å². The van der Waals surface area contributed by atoms with Gasteiger partial charge >= 0.3 is 7.82 Å². The third-order valence-electron chi connectivity index (χ3n) is 15.5. The Labute approximate surface area is 521 Å². The number of allylic oxidation sites excluding steroid dienone is 18. The molecule has 0 fully saturated rings. The van der Waals surface area contributed by atoms with E-state index in [1.807, 2.05) is 21.1 Å². The summed E-state index contributed by atoms with van der Waals surface area (Å²) < 4.78 is 23.9. The highest BCUT2D eigenvalue weighted by atomic mass is 31.2. The molecule has 9 heteroatoms. The van der Waals surface area contributed by atoms with Crippen LogP contribution in [-0.2, 0) is 18.4 Å².